The van der Waals surface area contributed by atoms with Crippen molar-refractivity contribution < 1.29 is 19.4 Å². The number of halogens is 1. The number of carboxylic acids is 1. The smallest absolute Gasteiger partial charge is 0.321 e. The Bertz CT molecular complexity index is 1230. The summed E-state index contributed by atoms with van der Waals surface area (Å²) < 4.78 is 16.0. The van der Waals surface area contributed by atoms with Gasteiger partial charge >= 0.3 is 5.97 Å². The van der Waals surface area contributed by atoms with Gasteiger partial charge in [0.05, 0.1) is 11.6 Å². The van der Waals surface area contributed by atoms with Gasteiger partial charge in [-0.1, -0.05) is 48.5 Å². The first-order valence-electron chi connectivity index (χ1n) is 10.6. The number of aliphatic hydroxyl groups is 1. The molecule has 3 aromatic rings. The SMILES string of the molecule is O=C(O)[C@H]1[C@H](CO)[C@H]2Cn3c(ccc(-c4ccccc4F)c3=O)[C@H]2N1Cc1ccccc1. The number of carboxylic acid groups (broad SMARTS) is 1. The zero-order chi connectivity index (χ0) is 22.4. The van der Waals surface area contributed by atoms with E-state index in [-0.39, 0.29) is 35.3 Å². The van der Waals surface area contributed by atoms with Gasteiger partial charge in [-0.05, 0) is 23.8 Å². The largest absolute Gasteiger partial charge is 0.480 e. The lowest BCUT2D eigenvalue weighted by molar-refractivity contribution is -0.145. The van der Waals surface area contributed by atoms with Crippen molar-refractivity contribution in [2.75, 3.05) is 6.61 Å². The third kappa shape index (κ3) is 3.16. The maximum atomic E-state index is 14.3. The predicted molar refractivity (Wildman–Crippen MR) is 116 cm³/mol. The van der Waals surface area contributed by atoms with Crippen molar-refractivity contribution in [1.29, 1.82) is 0 Å². The maximum absolute atomic E-state index is 14.3. The summed E-state index contributed by atoms with van der Waals surface area (Å²) in [5.74, 6) is -2.19. The van der Waals surface area contributed by atoms with Crippen LogP contribution in [0.15, 0.2) is 71.5 Å². The van der Waals surface area contributed by atoms with Gasteiger partial charge in [-0.3, -0.25) is 14.5 Å². The molecular formula is C25H23FN2O4. The van der Waals surface area contributed by atoms with E-state index in [1.54, 1.807) is 34.9 Å². The molecule has 5 rings (SSSR count). The highest BCUT2D eigenvalue weighted by molar-refractivity contribution is 5.75. The van der Waals surface area contributed by atoms with Crippen LogP contribution >= 0.6 is 0 Å². The lowest BCUT2D eigenvalue weighted by atomic mass is 9.88. The first kappa shape index (κ1) is 20.6. The lowest BCUT2D eigenvalue weighted by Gasteiger charge is -2.29. The van der Waals surface area contributed by atoms with E-state index in [0.717, 1.165) is 5.56 Å². The van der Waals surface area contributed by atoms with Crippen LogP contribution in [0.25, 0.3) is 11.1 Å². The van der Waals surface area contributed by atoms with E-state index in [1.165, 1.54) is 6.07 Å². The Kier molecular flexibility index (Phi) is 5.15. The topological polar surface area (TPSA) is 82.8 Å². The fraction of sp³-hybridized carbons (Fsp3) is 0.280. The fourth-order valence-corrected chi connectivity index (χ4v) is 5.44. The number of rotatable bonds is 5. The van der Waals surface area contributed by atoms with Crippen LogP contribution in [0.5, 0.6) is 0 Å². The predicted octanol–water partition coefficient (Wildman–Crippen LogP) is 2.90. The minimum atomic E-state index is -0.980. The second-order valence-electron chi connectivity index (χ2n) is 8.46. The van der Waals surface area contributed by atoms with Gasteiger partial charge in [0.1, 0.15) is 11.9 Å². The normalized spacial score (nSPS) is 24.3. The molecule has 0 bridgehead atoms. The number of nitrogens with zero attached hydrogens (tertiary/aromatic N) is 2. The van der Waals surface area contributed by atoms with Crippen LogP contribution in [-0.4, -0.2) is 38.3 Å². The molecule has 2 aliphatic rings. The minimum Gasteiger partial charge on any atom is -0.480 e. The first-order valence-corrected chi connectivity index (χ1v) is 10.6. The van der Waals surface area contributed by atoms with Crippen molar-refractivity contribution >= 4 is 5.97 Å². The van der Waals surface area contributed by atoms with E-state index in [2.05, 4.69) is 0 Å². The molecular weight excluding hydrogens is 411 g/mol. The van der Waals surface area contributed by atoms with Gasteiger partial charge in [0, 0.05) is 42.8 Å². The number of likely N-dealkylation sites (tertiary alicyclic amines) is 1. The molecule has 32 heavy (non-hydrogen) atoms. The van der Waals surface area contributed by atoms with E-state index < -0.39 is 23.7 Å². The molecule has 1 aromatic heterocycles. The summed E-state index contributed by atoms with van der Waals surface area (Å²) in [4.78, 5) is 27.4. The van der Waals surface area contributed by atoms with E-state index >= 15 is 0 Å². The highest BCUT2D eigenvalue weighted by Crippen LogP contribution is 2.49. The zero-order valence-corrected chi connectivity index (χ0v) is 17.3. The summed E-state index contributed by atoms with van der Waals surface area (Å²) in [7, 11) is 0. The quantitative estimate of drug-likeness (QED) is 0.645. The van der Waals surface area contributed by atoms with Crippen LogP contribution in [0.4, 0.5) is 4.39 Å². The molecule has 1 fully saturated rings. The molecule has 0 aliphatic carbocycles. The summed E-state index contributed by atoms with van der Waals surface area (Å²) in [6.45, 7) is 0.395. The molecule has 0 radical (unpaired) electrons. The summed E-state index contributed by atoms with van der Waals surface area (Å²) in [5.41, 5.74) is 1.88. The van der Waals surface area contributed by atoms with E-state index in [0.29, 0.717) is 18.8 Å². The zero-order valence-electron chi connectivity index (χ0n) is 17.3. The second-order valence-corrected chi connectivity index (χ2v) is 8.46. The Morgan fingerprint density at radius 1 is 1.00 bits per heavy atom. The molecule has 0 saturated carbocycles. The van der Waals surface area contributed by atoms with E-state index in [4.69, 9.17) is 0 Å². The van der Waals surface area contributed by atoms with E-state index in [9.17, 15) is 24.2 Å². The number of aliphatic carboxylic acids is 1. The number of fused-ring (bicyclic) bond motifs is 3. The molecule has 6 nitrogen and oxygen atoms in total. The molecule has 2 aliphatic heterocycles. The third-order valence-corrected chi connectivity index (χ3v) is 6.82. The Hall–Kier alpha value is -3.29. The van der Waals surface area contributed by atoms with Crippen molar-refractivity contribution in [2.45, 2.75) is 25.2 Å². The molecule has 3 heterocycles. The number of carbonyl (C=O) groups is 1. The Labute approximate surface area is 184 Å². The number of pyridine rings is 1. The Morgan fingerprint density at radius 2 is 1.72 bits per heavy atom. The molecule has 2 aromatic carbocycles. The fourth-order valence-electron chi connectivity index (χ4n) is 5.44. The first-order chi connectivity index (χ1) is 15.5. The average molecular weight is 434 g/mol. The van der Waals surface area contributed by atoms with Gasteiger partial charge in [0.2, 0.25) is 0 Å². The maximum Gasteiger partial charge on any atom is 0.321 e. The summed E-state index contributed by atoms with van der Waals surface area (Å²) in [6.07, 6.45) is 0. The average Bonchev–Trinajstić information content (AvgIpc) is 3.31. The standard InChI is InChI=1S/C25H23FN2O4/c26-20-9-5-4-8-16(20)17-10-11-21-22-18(13-27(21)24(17)30)19(14-29)23(25(31)32)28(22)12-15-6-2-1-3-7-15/h1-11,18-19,22-23,29H,12-14H2,(H,31,32)/t18-,19-,22+,23-/m1/s1. The number of hydrogen-bond donors (Lipinski definition) is 2. The molecule has 0 amide bonds. The van der Waals surface area contributed by atoms with Gasteiger partial charge < -0.3 is 14.8 Å². The summed E-state index contributed by atoms with van der Waals surface area (Å²) in [5, 5.41) is 20.1. The van der Waals surface area contributed by atoms with Crippen LogP contribution in [0, 0.1) is 17.7 Å². The molecule has 2 N–H and O–H groups in total. The summed E-state index contributed by atoms with van der Waals surface area (Å²) >= 11 is 0. The molecule has 164 valence electrons. The third-order valence-electron chi connectivity index (χ3n) is 6.82. The Morgan fingerprint density at radius 3 is 2.41 bits per heavy atom. The highest BCUT2D eigenvalue weighted by Gasteiger charge is 2.55. The van der Waals surface area contributed by atoms with Crippen molar-refractivity contribution in [3.8, 4) is 11.1 Å². The van der Waals surface area contributed by atoms with Gasteiger partial charge in [-0.15, -0.1) is 0 Å². The van der Waals surface area contributed by atoms with Crippen LogP contribution in [-0.2, 0) is 17.9 Å². The highest BCUT2D eigenvalue weighted by atomic mass is 19.1. The van der Waals surface area contributed by atoms with Crippen LogP contribution in [0.2, 0.25) is 0 Å². The van der Waals surface area contributed by atoms with Crippen molar-refractivity contribution in [3.05, 3.63) is 94.2 Å². The van der Waals surface area contributed by atoms with E-state index in [1.807, 2.05) is 35.2 Å². The monoisotopic (exact) mass is 434 g/mol. The van der Waals surface area contributed by atoms with Gasteiger partial charge in [-0.2, -0.15) is 0 Å². The number of benzene rings is 2. The van der Waals surface area contributed by atoms with Crippen molar-refractivity contribution in [2.24, 2.45) is 11.8 Å². The lowest BCUT2D eigenvalue weighted by Crippen LogP contribution is -2.42. The van der Waals surface area contributed by atoms with Crippen molar-refractivity contribution in [3.63, 3.8) is 0 Å². The van der Waals surface area contributed by atoms with Crippen LogP contribution < -0.4 is 5.56 Å². The molecule has 0 unspecified atom stereocenters. The number of aromatic nitrogens is 1. The second kappa shape index (κ2) is 8.00. The molecule has 4 atom stereocenters. The number of hydrogen-bond acceptors (Lipinski definition) is 4. The number of aliphatic hydroxyl groups excluding tert-OH is 1. The van der Waals surface area contributed by atoms with Gasteiger partial charge in [-0.25, -0.2) is 4.39 Å². The van der Waals surface area contributed by atoms with Gasteiger partial charge in [0.25, 0.3) is 5.56 Å². The summed E-state index contributed by atoms with van der Waals surface area (Å²) in [6, 6.07) is 18.0. The van der Waals surface area contributed by atoms with Crippen LogP contribution in [0.1, 0.15) is 17.3 Å². The molecule has 1 saturated heterocycles. The van der Waals surface area contributed by atoms with Crippen LogP contribution in [0.3, 0.4) is 0 Å². The molecule has 7 heteroatoms. The molecule has 0 spiro atoms. The van der Waals surface area contributed by atoms with Crippen molar-refractivity contribution in [1.82, 2.24) is 9.47 Å². The minimum absolute atomic E-state index is 0.228. The van der Waals surface area contributed by atoms with Gasteiger partial charge in [0.15, 0.2) is 0 Å². The Balaban J connectivity index is 1.61.